The smallest absolute Gasteiger partial charge is 0.274 e. The zero-order valence-corrected chi connectivity index (χ0v) is 18.3. The van der Waals surface area contributed by atoms with Gasteiger partial charge < -0.3 is 5.32 Å². The molecule has 1 amide bonds. The highest BCUT2D eigenvalue weighted by Crippen LogP contribution is 2.18. The molecule has 0 radical (unpaired) electrons. The van der Waals surface area contributed by atoms with Crippen molar-refractivity contribution in [2.45, 2.75) is 32.3 Å². The van der Waals surface area contributed by atoms with E-state index < -0.39 is 0 Å². The van der Waals surface area contributed by atoms with E-state index in [9.17, 15) is 9.59 Å². The maximum atomic E-state index is 12.4. The summed E-state index contributed by atoms with van der Waals surface area (Å²) in [5, 5.41) is 15.8. The molecule has 0 aliphatic heterocycles. The number of hydrogen-bond donors (Lipinski definition) is 2. The molecule has 0 aliphatic carbocycles. The SMILES string of the molecule is Cc1ccc(Cc2nn3c(SCC(=O)Nc4ccc(C)c(C)c4)nnc3[nH]c2=O)cc1. The number of fused-ring (bicyclic) bond motifs is 1. The van der Waals surface area contributed by atoms with Crippen LogP contribution in [0.4, 0.5) is 5.69 Å². The Balaban J connectivity index is 1.48. The minimum absolute atomic E-state index is 0.141. The van der Waals surface area contributed by atoms with Gasteiger partial charge in [-0.15, -0.1) is 10.2 Å². The van der Waals surface area contributed by atoms with Crippen molar-refractivity contribution in [1.82, 2.24) is 24.8 Å². The molecule has 0 spiro atoms. The quantitative estimate of drug-likeness (QED) is 0.452. The maximum Gasteiger partial charge on any atom is 0.274 e. The first-order chi connectivity index (χ1) is 14.9. The highest BCUT2D eigenvalue weighted by molar-refractivity contribution is 7.99. The molecule has 0 aliphatic rings. The lowest BCUT2D eigenvalue weighted by Crippen LogP contribution is -2.19. The molecule has 31 heavy (non-hydrogen) atoms. The highest BCUT2D eigenvalue weighted by atomic mass is 32.2. The number of aromatic nitrogens is 5. The predicted octanol–water partition coefficient (Wildman–Crippen LogP) is 3.06. The van der Waals surface area contributed by atoms with Crippen LogP contribution in [0.5, 0.6) is 0 Å². The van der Waals surface area contributed by atoms with Gasteiger partial charge in [0.05, 0.1) is 5.75 Å². The van der Waals surface area contributed by atoms with Gasteiger partial charge in [0.1, 0.15) is 5.69 Å². The number of anilines is 1. The summed E-state index contributed by atoms with van der Waals surface area (Å²) in [7, 11) is 0. The van der Waals surface area contributed by atoms with Crippen molar-refractivity contribution in [3.63, 3.8) is 0 Å². The molecule has 4 rings (SSSR count). The predicted molar refractivity (Wildman–Crippen MR) is 121 cm³/mol. The molecular weight excluding hydrogens is 412 g/mol. The van der Waals surface area contributed by atoms with E-state index in [4.69, 9.17) is 0 Å². The van der Waals surface area contributed by atoms with Gasteiger partial charge in [-0.1, -0.05) is 47.7 Å². The number of carbonyl (C=O) groups excluding carboxylic acids is 1. The summed E-state index contributed by atoms with van der Waals surface area (Å²) in [5.74, 6) is 0.228. The molecule has 8 nitrogen and oxygen atoms in total. The molecule has 158 valence electrons. The Morgan fingerprint density at radius 2 is 1.84 bits per heavy atom. The fourth-order valence-electron chi connectivity index (χ4n) is 3.02. The van der Waals surface area contributed by atoms with E-state index >= 15 is 0 Å². The molecule has 0 unspecified atom stereocenters. The summed E-state index contributed by atoms with van der Waals surface area (Å²) in [6, 6.07) is 13.7. The van der Waals surface area contributed by atoms with Crippen LogP contribution in [0.2, 0.25) is 0 Å². The molecule has 0 saturated heterocycles. The van der Waals surface area contributed by atoms with Crippen molar-refractivity contribution < 1.29 is 4.79 Å². The minimum atomic E-state index is -0.301. The van der Waals surface area contributed by atoms with Crippen molar-refractivity contribution in [3.05, 3.63) is 80.8 Å². The number of amides is 1. The van der Waals surface area contributed by atoms with E-state index in [0.29, 0.717) is 17.3 Å². The van der Waals surface area contributed by atoms with Gasteiger partial charge in [-0.2, -0.15) is 9.61 Å². The van der Waals surface area contributed by atoms with E-state index in [1.165, 1.54) is 21.8 Å². The van der Waals surface area contributed by atoms with Crippen LogP contribution >= 0.6 is 11.8 Å². The molecule has 4 aromatic rings. The first-order valence-electron chi connectivity index (χ1n) is 9.79. The van der Waals surface area contributed by atoms with Crippen molar-refractivity contribution in [2.75, 3.05) is 11.1 Å². The first-order valence-corrected chi connectivity index (χ1v) is 10.8. The molecule has 2 heterocycles. The summed E-state index contributed by atoms with van der Waals surface area (Å²) in [5.41, 5.74) is 5.23. The van der Waals surface area contributed by atoms with Crippen LogP contribution in [0.1, 0.15) is 27.9 Å². The van der Waals surface area contributed by atoms with E-state index in [1.54, 1.807) is 0 Å². The highest BCUT2D eigenvalue weighted by Gasteiger charge is 2.14. The van der Waals surface area contributed by atoms with Crippen LogP contribution < -0.4 is 10.9 Å². The number of nitrogens with one attached hydrogen (secondary N) is 2. The summed E-state index contributed by atoms with van der Waals surface area (Å²) in [6.45, 7) is 6.04. The normalized spacial score (nSPS) is 11.1. The summed E-state index contributed by atoms with van der Waals surface area (Å²) in [6.07, 6.45) is 0.390. The molecule has 2 N–H and O–H groups in total. The Kier molecular flexibility index (Phi) is 5.85. The Hall–Kier alpha value is -3.46. The lowest BCUT2D eigenvalue weighted by atomic mass is 10.1. The van der Waals surface area contributed by atoms with Gasteiger partial charge in [0.15, 0.2) is 0 Å². The molecule has 2 aromatic heterocycles. The number of aromatic amines is 1. The van der Waals surface area contributed by atoms with E-state index in [0.717, 1.165) is 22.4 Å². The molecule has 0 bridgehead atoms. The van der Waals surface area contributed by atoms with Gasteiger partial charge in [0.25, 0.3) is 11.3 Å². The molecule has 0 atom stereocenters. The van der Waals surface area contributed by atoms with Crippen LogP contribution in [0, 0.1) is 20.8 Å². The zero-order valence-electron chi connectivity index (χ0n) is 17.5. The third-order valence-corrected chi connectivity index (χ3v) is 5.85. The summed E-state index contributed by atoms with van der Waals surface area (Å²) >= 11 is 1.21. The number of hydrogen-bond acceptors (Lipinski definition) is 6. The molecular formula is C22H22N6O2S. The van der Waals surface area contributed by atoms with Gasteiger partial charge in [0, 0.05) is 12.1 Å². The van der Waals surface area contributed by atoms with Crippen LogP contribution in [0.15, 0.2) is 52.4 Å². The first kappa shape index (κ1) is 20.8. The lowest BCUT2D eigenvalue weighted by molar-refractivity contribution is -0.113. The van der Waals surface area contributed by atoms with Crippen molar-refractivity contribution >= 4 is 29.1 Å². The van der Waals surface area contributed by atoms with E-state index in [-0.39, 0.29) is 23.0 Å². The van der Waals surface area contributed by atoms with Crippen LogP contribution in [0.3, 0.4) is 0 Å². The topological polar surface area (TPSA) is 105 Å². The number of rotatable bonds is 6. The van der Waals surface area contributed by atoms with Crippen molar-refractivity contribution in [1.29, 1.82) is 0 Å². The molecule has 2 aromatic carbocycles. The van der Waals surface area contributed by atoms with Gasteiger partial charge >= 0.3 is 0 Å². The number of H-pyrrole nitrogens is 1. The Labute approximate surface area is 183 Å². The monoisotopic (exact) mass is 434 g/mol. The zero-order chi connectivity index (χ0) is 22.0. The third kappa shape index (κ3) is 4.83. The molecule has 0 saturated carbocycles. The number of benzene rings is 2. The Bertz CT molecular complexity index is 1310. The van der Waals surface area contributed by atoms with Crippen LogP contribution in [-0.2, 0) is 11.2 Å². The van der Waals surface area contributed by atoms with Crippen LogP contribution in [0.25, 0.3) is 5.78 Å². The molecule has 9 heteroatoms. The van der Waals surface area contributed by atoms with Crippen LogP contribution in [-0.4, -0.2) is 36.5 Å². The second kappa shape index (κ2) is 8.73. The summed E-state index contributed by atoms with van der Waals surface area (Å²) in [4.78, 5) is 27.4. The minimum Gasteiger partial charge on any atom is -0.325 e. The fourth-order valence-corrected chi connectivity index (χ4v) is 3.71. The number of aryl methyl sites for hydroxylation is 3. The second-order valence-corrected chi connectivity index (χ2v) is 8.36. The van der Waals surface area contributed by atoms with Gasteiger partial charge in [-0.3, -0.25) is 14.6 Å². The standard InChI is InChI=1S/C22H22N6O2S/c1-13-4-7-16(8-5-13)11-18-20(30)24-21-25-26-22(28(21)27-18)31-12-19(29)23-17-9-6-14(2)15(3)10-17/h4-10H,11-12H2,1-3H3,(H,23,29)(H,24,25,30). The van der Waals surface area contributed by atoms with E-state index in [2.05, 4.69) is 25.6 Å². The Morgan fingerprint density at radius 1 is 1.06 bits per heavy atom. The Morgan fingerprint density at radius 3 is 2.58 bits per heavy atom. The fraction of sp³-hybridized carbons (Fsp3) is 0.227. The maximum absolute atomic E-state index is 12.4. The molecule has 0 fully saturated rings. The van der Waals surface area contributed by atoms with Gasteiger partial charge in [-0.05, 0) is 49.6 Å². The van der Waals surface area contributed by atoms with Gasteiger partial charge in [-0.25, -0.2) is 0 Å². The lowest BCUT2D eigenvalue weighted by Gasteiger charge is -2.07. The third-order valence-electron chi connectivity index (χ3n) is 4.94. The number of nitrogens with zero attached hydrogens (tertiary/aromatic N) is 4. The number of carbonyl (C=O) groups is 1. The van der Waals surface area contributed by atoms with Gasteiger partial charge in [0.2, 0.25) is 11.1 Å². The van der Waals surface area contributed by atoms with E-state index in [1.807, 2.05) is 63.2 Å². The van der Waals surface area contributed by atoms with Crippen molar-refractivity contribution in [2.24, 2.45) is 0 Å². The largest absolute Gasteiger partial charge is 0.325 e. The number of thioether (sulfide) groups is 1. The average molecular weight is 435 g/mol. The summed E-state index contributed by atoms with van der Waals surface area (Å²) < 4.78 is 1.47. The van der Waals surface area contributed by atoms with Crippen molar-refractivity contribution in [3.8, 4) is 0 Å². The average Bonchev–Trinajstić information content (AvgIpc) is 3.12. The second-order valence-electron chi connectivity index (χ2n) is 7.42.